The van der Waals surface area contributed by atoms with Crippen molar-refractivity contribution in [1.82, 2.24) is 15.0 Å². The third-order valence-electron chi connectivity index (χ3n) is 3.06. The third-order valence-corrected chi connectivity index (χ3v) is 3.06. The molecule has 1 aromatic heterocycles. The summed E-state index contributed by atoms with van der Waals surface area (Å²) in [6.07, 6.45) is 0. The lowest BCUT2D eigenvalue weighted by Gasteiger charge is -2.08. The second-order valence-corrected chi connectivity index (χ2v) is 4.32. The van der Waals surface area contributed by atoms with Crippen LogP contribution in [0.4, 0.5) is 4.39 Å². The minimum atomic E-state index is -0.349. The highest BCUT2D eigenvalue weighted by atomic mass is 19.1. The van der Waals surface area contributed by atoms with Crippen molar-refractivity contribution in [1.29, 1.82) is 0 Å². The van der Waals surface area contributed by atoms with Gasteiger partial charge in [-0.1, -0.05) is 47.7 Å². The van der Waals surface area contributed by atoms with E-state index in [1.807, 2.05) is 30.3 Å². The first-order valence-electron chi connectivity index (χ1n) is 6.26. The molecule has 3 aromatic rings. The van der Waals surface area contributed by atoms with Gasteiger partial charge >= 0.3 is 0 Å². The molecule has 0 saturated heterocycles. The van der Waals surface area contributed by atoms with Crippen LogP contribution in [-0.4, -0.2) is 15.0 Å². The van der Waals surface area contributed by atoms with Crippen LogP contribution in [-0.2, 0) is 6.54 Å². The zero-order chi connectivity index (χ0) is 13.9. The highest BCUT2D eigenvalue weighted by molar-refractivity contribution is 5.64. The molecule has 100 valence electrons. The summed E-state index contributed by atoms with van der Waals surface area (Å²) in [4.78, 5) is 0. The minimum Gasteiger partial charge on any atom is -0.325 e. The Hall–Kier alpha value is -2.53. The number of aromatic nitrogens is 3. The number of nitrogens with two attached hydrogens (primary N) is 1. The van der Waals surface area contributed by atoms with Gasteiger partial charge in [0.05, 0.1) is 5.69 Å². The molecule has 5 heteroatoms. The second kappa shape index (κ2) is 5.22. The molecule has 0 saturated carbocycles. The number of hydrogen-bond acceptors (Lipinski definition) is 3. The van der Waals surface area contributed by atoms with Crippen LogP contribution in [0.25, 0.3) is 16.9 Å². The van der Waals surface area contributed by atoms with E-state index in [1.54, 1.807) is 18.2 Å². The van der Waals surface area contributed by atoms with Gasteiger partial charge in [0, 0.05) is 12.1 Å². The monoisotopic (exact) mass is 268 g/mol. The maximum atomic E-state index is 14.0. The fraction of sp³-hybridized carbons (Fsp3) is 0.0667. The lowest BCUT2D eigenvalue weighted by atomic mass is 10.1. The van der Waals surface area contributed by atoms with Crippen LogP contribution in [0.3, 0.4) is 0 Å². The SMILES string of the molecule is NCc1nnn(-c2ccccc2F)c1-c1ccccc1. The molecular weight excluding hydrogens is 255 g/mol. The number of benzene rings is 2. The van der Waals surface area contributed by atoms with Gasteiger partial charge in [-0.3, -0.25) is 0 Å². The van der Waals surface area contributed by atoms with E-state index in [2.05, 4.69) is 10.3 Å². The van der Waals surface area contributed by atoms with E-state index in [1.165, 1.54) is 10.7 Å². The summed E-state index contributed by atoms with van der Waals surface area (Å²) in [6, 6.07) is 16.1. The average molecular weight is 268 g/mol. The standard InChI is InChI=1S/C15H13FN4/c16-12-8-4-5-9-14(12)20-15(13(10-17)18-19-20)11-6-2-1-3-7-11/h1-9H,10,17H2. The van der Waals surface area contributed by atoms with E-state index >= 15 is 0 Å². The molecule has 0 aliphatic carbocycles. The Kier molecular flexibility index (Phi) is 3.26. The first-order valence-corrected chi connectivity index (χ1v) is 6.26. The van der Waals surface area contributed by atoms with Gasteiger partial charge in [0.25, 0.3) is 0 Å². The molecule has 0 amide bonds. The van der Waals surface area contributed by atoms with E-state index in [4.69, 9.17) is 5.73 Å². The van der Waals surface area contributed by atoms with Crippen molar-refractivity contribution in [3.63, 3.8) is 0 Å². The number of rotatable bonds is 3. The second-order valence-electron chi connectivity index (χ2n) is 4.32. The van der Waals surface area contributed by atoms with Crippen molar-refractivity contribution in [2.75, 3.05) is 0 Å². The van der Waals surface area contributed by atoms with E-state index < -0.39 is 0 Å². The van der Waals surface area contributed by atoms with Gasteiger partial charge in [0.2, 0.25) is 0 Å². The predicted molar refractivity (Wildman–Crippen MR) is 74.6 cm³/mol. The summed E-state index contributed by atoms with van der Waals surface area (Å²) in [5.41, 5.74) is 8.33. The molecule has 0 aliphatic rings. The molecule has 0 aliphatic heterocycles. The molecule has 1 heterocycles. The van der Waals surface area contributed by atoms with Crippen molar-refractivity contribution in [3.05, 3.63) is 66.1 Å². The van der Waals surface area contributed by atoms with Gasteiger partial charge in [-0.15, -0.1) is 5.10 Å². The highest BCUT2D eigenvalue weighted by Crippen LogP contribution is 2.25. The van der Waals surface area contributed by atoms with E-state index in [9.17, 15) is 4.39 Å². The van der Waals surface area contributed by atoms with Crippen LogP contribution in [0.15, 0.2) is 54.6 Å². The topological polar surface area (TPSA) is 56.7 Å². The normalized spacial score (nSPS) is 10.7. The van der Waals surface area contributed by atoms with Gasteiger partial charge < -0.3 is 5.73 Å². The van der Waals surface area contributed by atoms with Gasteiger partial charge in [0.1, 0.15) is 17.2 Å². The van der Waals surface area contributed by atoms with Crippen molar-refractivity contribution < 1.29 is 4.39 Å². The number of para-hydroxylation sites is 1. The van der Waals surface area contributed by atoms with Crippen molar-refractivity contribution in [3.8, 4) is 16.9 Å². The predicted octanol–water partition coefficient (Wildman–Crippen LogP) is 2.53. The maximum absolute atomic E-state index is 14.0. The summed E-state index contributed by atoms with van der Waals surface area (Å²) in [7, 11) is 0. The zero-order valence-corrected chi connectivity index (χ0v) is 10.7. The fourth-order valence-corrected chi connectivity index (χ4v) is 2.13. The Morgan fingerprint density at radius 1 is 1.00 bits per heavy atom. The number of nitrogens with zero attached hydrogens (tertiary/aromatic N) is 3. The molecule has 0 spiro atoms. The molecule has 2 N–H and O–H groups in total. The first kappa shape index (κ1) is 12.5. The van der Waals surface area contributed by atoms with Crippen LogP contribution in [0.2, 0.25) is 0 Å². The molecule has 2 aromatic carbocycles. The van der Waals surface area contributed by atoms with Crippen LogP contribution < -0.4 is 5.73 Å². The average Bonchev–Trinajstić information content (AvgIpc) is 2.92. The molecule has 20 heavy (non-hydrogen) atoms. The summed E-state index contributed by atoms with van der Waals surface area (Å²) in [5, 5.41) is 8.09. The molecule has 4 nitrogen and oxygen atoms in total. The van der Waals surface area contributed by atoms with Gasteiger partial charge in [0.15, 0.2) is 0 Å². The van der Waals surface area contributed by atoms with Crippen molar-refractivity contribution >= 4 is 0 Å². The lowest BCUT2D eigenvalue weighted by Crippen LogP contribution is -2.04. The number of hydrogen-bond donors (Lipinski definition) is 1. The summed E-state index contributed by atoms with van der Waals surface area (Å²) >= 11 is 0. The van der Waals surface area contributed by atoms with Crippen molar-refractivity contribution in [2.24, 2.45) is 5.73 Å². The quantitative estimate of drug-likeness (QED) is 0.794. The summed E-state index contributed by atoms with van der Waals surface area (Å²) < 4.78 is 15.5. The van der Waals surface area contributed by atoms with Gasteiger partial charge in [-0.25, -0.2) is 9.07 Å². The van der Waals surface area contributed by atoms with E-state index in [0.717, 1.165) is 11.3 Å². The largest absolute Gasteiger partial charge is 0.325 e. The van der Waals surface area contributed by atoms with Crippen LogP contribution in [0.5, 0.6) is 0 Å². The Bertz CT molecular complexity index is 722. The maximum Gasteiger partial charge on any atom is 0.148 e. The van der Waals surface area contributed by atoms with Crippen molar-refractivity contribution in [2.45, 2.75) is 6.54 Å². The molecule has 0 atom stereocenters. The fourth-order valence-electron chi connectivity index (χ4n) is 2.13. The molecule has 0 fully saturated rings. The summed E-state index contributed by atoms with van der Waals surface area (Å²) in [6.45, 7) is 0.249. The van der Waals surface area contributed by atoms with Crippen LogP contribution in [0, 0.1) is 5.82 Å². The Balaban J connectivity index is 2.24. The van der Waals surface area contributed by atoms with Crippen LogP contribution in [0.1, 0.15) is 5.69 Å². The van der Waals surface area contributed by atoms with Gasteiger partial charge in [-0.05, 0) is 12.1 Å². The Morgan fingerprint density at radius 3 is 2.40 bits per heavy atom. The lowest BCUT2D eigenvalue weighted by molar-refractivity contribution is 0.608. The molecule has 3 rings (SSSR count). The Labute approximate surface area is 115 Å². The molecule has 0 unspecified atom stereocenters. The Morgan fingerprint density at radius 2 is 1.70 bits per heavy atom. The smallest absolute Gasteiger partial charge is 0.148 e. The van der Waals surface area contributed by atoms with E-state index in [-0.39, 0.29) is 12.4 Å². The molecular formula is C15H13FN4. The molecule has 0 radical (unpaired) electrons. The minimum absolute atomic E-state index is 0.249. The first-order chi connectivity index (χ1) is 9.81. The third kappa shape index (κ3) is 2.08. The number of halogens is 1. The molecule has 0 bridgehead atoms. The van der Waals surface area contributed by atoms with E-state index in [0.29, 0.717) is 11.4 Å². The van der Waals surface area contributed by atoms with Gasteiger partial charge in [-0.2, -0.15) is 0 Å². The van der Waals surface area contributed by atoms with Crippen LogP contribution >= 0.6 is 0 Å². The zero-order valence-electron chi connectivity index (χ0n) is 10.7. The summed E-state index contributed by atoms with van der Waals surface area (Å²) in [5.74, 6) is -0.349. The highest BCUT2D eigenvalue weighted by Gasteiger charge is 2.16.